The van der Waals surface area contributed by atoms with Gasteiger partial charge in [0, 0.05) is 31.6 Å². The predicted molar refractivity (Wildman–Crippen MR) is 206 cm³/mol. The van der Waals surface area contributed by atoms with Gasteiger partial charge in [-0.05, 0) is 51.0 Å². The van der Waals surface area contributed by atoms with E-state index in [1.54, 1.807) is 12.1 Å². The molecule has 0 saturated heterocycles. The Labute approximate surface area is 348 Å². The van der Waals surface area contributed by atoms with Gasteiger partial charge in [0.05, 0.1) is 11.3 Å². The predicted octanol–water partition coefficient (Wildman–Crippen LogP) is 14.3. The molecular formula is C42H48BF10N2O2Pd-3. The molecule has 0 spiro atoms. The van der Waals surface area contributed by atoms with E-state index in [1.807, 2.05) is 95.2 Å². The molecule has 0 saturated carbocycles. The van der Waals surface area contributed by atoms with Gasteiger partial charge < -0.3 is 27.7 Å². The average molecular weight is 920 g/mol. The standard InChI is InChI=1S/C21H25F3NO.C21H24F3NO.BF4.Pd/c2*1-19(2,3)13-11-15(20(4,5)6)18(26)17(12-13)25-16-10-8-7-9-14(16)21(22,23)24;2-1(3,4)5;/h7-12,26H,1-6H3;7-12H,1-6H3;;/q-1;;-1;/p-1. The molecule has 0 fully saturated rings. The number of halogens is 10. The third kappa shape index (κ3) is 15.4. The first-order valence-corrected chi connectivity index (χ1v) is 17.8. The summed E-state index contributed by atoms with van der Waals surface area (Å²) in [4.78, 5) is 17.0. The summed E-state index contributed by atoms with van der Waals surface area (Å²) in [5, 5.41) is 17.0. The van der Waals surface area contributed by atoms with Crippen molar-refractivity contribution in [2.75, 3.05) is 0 Å². The van der Waals surface area contributed by atoms with Gasteiger partial charge in [0.2, 0.25) is 5.78 Å². The van der Waals surface area contributed by atoms with Crippen molar-refractivity contribution in [3.8, 4) is 5.75 Å². The maximum Gasteiger partial charge on any atom is 0.673 e. The van der Waals surface area contributed by atoms with E-state index in [0.29, 0.717) is 11.1 Å². The van der Waals surface area contributed by atoms with Crippen LogP contribution in [0.3, 0.4) is 0 Å². The van der Waals surface area contributed by atoms with Crippen molar-refractivity contribution in [1.29, 1.82) is 0 Å². The molecule has 4 nitrogen and oxygen atoms in total. The third-order valence-electron chi connectivity index (χ3n) is 8.39. The maximum absolute atomic E-state index is 13.3. The molecule has 16 heteroatoms. The summed E-state index contributed by atoms with van der Waals surface area (Å²) in [7, 11) is -6.00. The first kappa shape index (κ1) is 52.1. The number of hydrogen-bond donors (Lipinski definition) is 0. The zero-order valence-electron chi connectivity index (χ0n) is 34.3. The fourth-order valence-corrected chi connectivity index (χ4v) is 5.25. The molecule has 0 radical (unpaired) electrons. The molecule has 324 valence electrons. The van der Waals surface area contributed by atoms with Gasteiger partial charge in [-0.2, -0.15) is 26.3 Å². The summed E-state index contributed by atoms with van der Waals surface area (Å²) in [6.45, 7) is 23.4. The Morgan fingerprint density at radius 3 is 1.48 bits per heavy atom. The Balaban J connectivity index is 0.000000511. The van der Waals surface area contributed by atoms with E-state index in [2.05, 4.69) is 10.3 Å². The molecular weight excluding hydrogens is 872 g/mol. The minimum atomic E-state index is -6.00. The van der Waals surface area contributed by atoms with Crippen LogP contribution in [0.5, 0.6) is 5.75 Å². The van der Waals surface area contributed by atoms with Crippen molar-refractivity contribution in [1.82, 2.24) is 0 Å². The summed E-state index contributed by atoms with van der Waals surface area (Å²) in [5.74, 6) is -0.662. The van der Waals surface area contributed by atoms with Gasteiger partial charge in [0.25, 0.3) is 0 Å². The van der Waals surface area contributed by atoms with E-state index in [-0.39, 0.29) is 65.6 Å². The molecule has 58 heavy (non-hydrogen) atoms. The quantitative estimate of drug-likeness (QED) is 0.149. The van der Waals surface area contributed by atoms with Gasteiger partial charge in [-0.3, -0.25) is 4.79 Å². The van der Waals surface area contributed by atoms with Crippen molar-refractivity contribution < 1.29 is 73.9 Å². The van der Waals surface area contributed by atoms with Gasteiger partial charge in [-0.25, -0.2) is 4.99 Å². The largest absolute Gasteiger partial charge is 0.873 e. The van der Waals surface area contributed by atoms with Crippen molar-refractivity contribution in [3.63, 3.8) is 0 Å². The molecule has 0 bridgehead atoms. The van der Waals surface area contributed by atoms with E-state index in [9.17, 15) is 53.5 Å². The van der Waals surface area contributed by atoms with Crippen molar-refractivity contribution >= 4 is 35.8 Å². The number of rotatable bonds is 3. The average Bonchev–Trinajstić information content (AvgIpc) is 3.00. The topological polar surface area (TPSA) is 66.6 Å². The molecule has 0 aliphatic heterocycles. The van der Waals surface area contributed by atoms with Gasteiger partial charge in [-0.1, -0.05) is 143 Å². The second-order valence-electron chi connectivity index (χ2n) is 17.5. The monoisotopic (exact) mass is 919 g/mol. The van der Waals surface area contributed by atoms with Crippen LogP contribution in [-0.4, -0.2) is 18.7 Å². The van der Waals surface area contributed by atoms with Crippen LogP contribution < -0.4 is 5.11 Å². The zero-order chi connectivity index (χ0) is 44.3. The minimum Gasteiger partial charge on any atom is -0.873 e. The number of aliphatic imine (C=N–C) groups is 1. The molecule has 1 aliphatic rings. The molecule has 0 amide bonds. The van der Waals surface area contributed by atoms with Crippen LogP contribution in [0.25, 0.3) is 5.32 Å². The molecule has 0 heterocycles. The SMILES string of the molecule is CC(C)(C)C1=CC(=Nc2ccccc2C(F)(F)F)C(=O)C(C(C)(C)C)=C1.CC(C)(C)c1cc([N-]c2ccccc2C(F)(F)F)c([O-])c(C(C)(C)C)c1.F[B-](F)(F)F.[Pd]. The molecule has 0 N–H and O–H groups in total. The molecule has 0 aromatic heterocycles. The number of nitrogens with zero attached hydrogens (tertiary/aromatic N) is 2. The number of para-hydroxylation sites is 2. The second kappa shape index (κ2) is 18.6. The fourth-order valence-electron chi connectivity index (χ4n) is 5.25. The normalized spacial score (nSPS) is 14.9. The molecule has 3 aromatic carbocycles. The van der Waals surface area contributed by atoms with Gasteiger partial charge >= 0.3 is 19.6 Å². The van der Waals surface area contributed by atoms with Gasteiger partial charge in [-0.15, -0.1) is 17.1 Å². The Morgan fingerprint density at radius 2 is 1.05 bits per heavy atom. The van der Waals surface area contributed by atoms with Crippen LogP contribution in [0.2, 0.25) is 0 Å². The van der Waals surface area contributed by atoms with Crippen LogP contribution in [0.15, 0.2) is 89.0 Å². The first-order chi connectivity index (χ1) is 25.4. The van der Waals surface area contributed by atoms with Crippen LogP contribution in [0, 0.1) is 10.8 Å². The van der Waals surface area contributed by atoms with Crippen LogP contribution >= 0.6 is 0 Å². The second-order valence-corrected chi connectivity index (χ2v) is 17.5. The zero-order valence-corrected chi connectivity index (χ0v) is 35.9. The number of ketones is 1. The Hall–Kier alpha value is -3.89. The Morgan fingerprint density at radius 1 is 0.586 bits per heavy atom. The van der Waals surface area contributed by atoms with Crippen molar-refractivity contribution in [2.24, 2.45) is 15.8 Å². The van der Waals surface area contributed by atoms with Gasteiger partial charge in [0.15, 0.2) is 0 Å². The molecule has 4 rings (SSSR count). The Bertz CT molecular complexity index is 2000. The summed E-state index contributed by atoms with van der Waals surface area (Å²) in [5.41, 5.74) is -0.682. The summed E-state index contributed by atoms with van der Waals surface area (Å²) in [6, 6.07) is 13.5. The summed E-state index contributed by atoms with van der Waals surface area (Å²) >= 11 is 0. The number of Topliss-reactive ketones (excluding diaryl/α,β-unsaturated/α-hetero) is 1. The van der Waals surface area contributed by atoms with Crippen molar-refractivity contribution in [3.05, 3.63) is 112 Å². The van der Waals surface area contributed by atoms with Crippen molar-refractivity contribution in [2.45, 2.75) is 106 Å². The molecule has 1 aliphatic carbocycles. The number of carbonyl (C=O) groups is 1. The first-order valence-electron chi connectivity index (χ1n) is 17.8. The van der Waals surface area contributed by atoms with E-state index < -0.39 is 41.6 Å². The molecule has 0 atom stereocenters. The van der Waals surface area contributed by atoms with E-state index in [0.717, 1.165) is 23.3 Å². The number of carbonyl (C=O) groups excluding carboxylic acids is 1. The van der Waals surface area contributed by atoms with E-state index in [4.69, 9.17) is 0 Å². The van der Waals surface area contributed by atoms with Crippen LogP contribution in [0.4, 0.5) is 60.7 Å². The smallest absolute Gasteiger partial charge is 0.673 e. The summed E-state index contributed by atoms with van der Waals surface area (Å²) in [6.07, 6.45) is -5.61. The minimum absolute atomic E-state index is 0. The van der Waals surface area contributed by atoms with Crippen LogP contribution in [0.1, 0.15) is 105 Å². The maximum atomic E-state index is 13.3. The fraction of sp³-hybridized carbons (Fsp3) is 0.429. The number of allylic oxidation sites excluding steroid dienone is 4. The number of alkyl halides is 6. The van der Waals surface area contributed by atoms with Gasteiger partial charge in [0.1, 0.15) is 5.71 Å². The van der Waals surface area contributed by atoms with E-state index >= 15 is 0 Å². The molecule has 3 aromatic rings. The Kier molecular flexibility index (Phi) is 16.7. The number of hydrogen-bond acceptors (Lipinski definition) is 3. The summed E-state index contributed by atoms with van der Waals surface area (Å²) < 4.78 is 119. The third-order valence-corrected chi connectivity index (χ3v) is 8.39. The van der Waals surface area contributed by atoms with Crippen LogP contribution in [-0.2, 0) is 48.4 Å². The molecule has 0 unspecified atom stereocenters. The van der Waals surface area contributed by atoms with E-state index in [1.165, 1.54) is 36.4 Å². The number of benzene rings is 3.